The van der Waals surface area contributed by atoms with Crippen LogP contribution < -0.4 is 4.57 Å². The van der Waals surface area contributed by atoms with E-state index < -0.39 is 0 Å². The summed E-state index contributed by atoms with van der Waals surface area (Å²) in [5.74, 6) is 6.21. The first-order valence-electron chi connectivity index (χ1n) is 11.2. The summed E-state index contributed by atoms with van der Waals surface area (Å²) in [4.78, 5) is 0. The summed E-state index contributed by atoms with van der Waals surface area (Å²) in [7, 11) is 2.11. The highest BCUT2D eigenvalue weighted by Crippen LogP contribution is 2.31. The van der Waals surface area contributed by atoms with E-state index >= 15 is 0 Å². The zero-order valence-electron chi connectivity index (χ0n) is 19.3. The number of aromatic nitrogens is 1. The molecule has 0 bridgehead atoms. The topological polar surface area (TPSA) is 3.88 Å². The highest BCUT2D eigenvalue weighted by molar-refractivity contribution is 5.82. The first-order valence-corrected chi connectivity index (χ1v) is 11.2. The smallest absolute Gasteiger partial charge is 0.200 e. The van der Waals surface area contributed by atoms with Gasteiger partial charge in [0.15, 0.2) is 6.20 Å². The fourth-order valence-corrected chi connectivity index (χ4v) is 4.49. The molecular weight excluding hydrogens is 398 g/mol. The van der Waals surface area contributed by atoms with E-state index in [-0.39, 0.29) is 0 Å². The maximum Gasteiger partial charge on any atom is 0.212 e. The maximum absolute atomic E-state index is 3.20. The fourth-order valence-electron chi connectivity index (χ4n) is 4.49. The SMILES string of the molecule is CC#Cc1cc(C)cc(-c2cccc(-c3cccc(-c4cc5ccccc5[n+](C)c4)c3)c2)c1. The molecule has 0 aliphatic carbocycles. The number of benzene rings is 4. The summed E-state index contributed by atoms with van der Waals surface area (Å²) in [5, 5.41) is 1.25. The standard InChI is InChI=1S/C32H26N/c1-4-9-24-16-23(2)17-30(18-24)27-13-7-11-25(19-27)26-12-8-14-28(20-26)31-21-29-10-5-6-15-32(29)33(3)22-31/h5-8,10-22H,1-3H3/q+1. The zero-order valence-corrected chi connectivity index (χ0v) is 19.3. The van der Waals surface area contributed by atoms with Gasteiger partial charge in [-0.05, 0) is 83.6 Å². The van der Waals surface area contributed by atoms with Gasteiger partial charge in [0, 0.05) is 22.6 Å². The normalized spacial score (nSPS) is 10.6. The minimum atomic E-state index is 1.06. The molecule has 0 atom stereocenters. The molecule has 0 amide bonds. The van der Waals surface area contributed by atoms with Crippen molar-refractivity contribution in [3.05, 3.63) is 114 Å². The van der Waals surface area contributed by atoms with E-state index in [1.165, 1.54) is 49.8 Å². The molecule has 0 radical (unpaired) electrons. The molecule has 4 aromatic carbocycles. The molecule has 0 fully saturated rings. The molecule has 0 unspecified atom stereocenters. The summed E-state index contributed by atoms with van der Waals surface area (Å²) in [6.45, 7) is 4.01. The second-order valence-electron chi connectivity index (χ2n) is 8.52. The molecule has 0 saturated heterocycles. The number of rotatable bonds is 3. The minimum absolute atomic E-state index is 1.06. The quantitative estimate of drug-likeness (QED) is 0.211. The van der Waals surface area contributed by atoms with Gasteiger partial charge in [0.2, 0.25) is 5.52 Å². The minimum Gasteiger partial charge on any atom is -0.200 e. The van der Waals surface area contributed by atoms with Gasteiger partial charge in [-0.3, -0.25) is 0 Å². The van der Waals surface area contributed by atoms with Gasteiger partial charge in [-0.25, -0.2) is 4.57 Å². The zero-order chi connectivity index (χ0) is 22.8. The van der Waals surface area contributed by atoms with Gasteiger partial charge in [0.1, 0.15) is 7.05 Å². The van der Waals surface area contributed by atoms with Crippen molar-refractivity contribution >= 4 is 10.9 Å². The summed E-state index contributed by atoms with van der Waals surface area (Å²) in [5.41, 5.74) is 10.8. The Balaban J connectivity index is 1.56. The molecule has 0 aliphatic rings. The monoisotopic (exact) mass is 424 g/mol. The lowest BCUT2D eigenvalue weighted by atomic mass is 9.95. The van der Waals surface area contributed by atoms with Crippen molar-refractivity contribution in [2.45, 2.75) is 13.8 Å². The molecule has 1 nitrogen and oxygen atoms in total. The average Bonchev–Trinajstić information content (AvgIpc) is 2.84. The highest BCUT2D eigenvalue weighted by atomic mass is 14.9. The lowest BCUT2D eigenvalue weighted by Gasteiger charge is -2.10. The van der Waals surface area contributed by atoms with Crippen LogP contribution in [0.5, 0.6) is 0 Å². The third-order valence-corrected chi connectivity index (χ3v) is 6.03. The Morgan fingerprint density at radius 1 is 0.606 bits per heavy atom. The van der Waals surface area contributed by atoms with Gasteiger partial charge in [-0.2, -0.15) is 0 Å². The predicted molar refractivity (Wildman–Crippen MR) is 139 cm³/mol. The molecular formula is C32H26N+. The van der Waals surface area contributed by atoms with E-state index in [0.717, 1.165) is 5.56 Å². The third-order valence-electron chi connectivity index (χ3n) is 6.03. The average molecular weight is 425 g/mol. The molecule has 1 aromatic heterocycles. The van der Waals surface area contributed by atoms with Crippen LogP contribution in [0.15, 0.2) is 103 Å². The van der Waals surface area contributed by atoms with E-state index in [9.17, 15) is 0 Å². The Morgan fingerprint density at radius 2 is 1.24 bits per heavy atom. The Kier molecular flexibility index (Phi) is 5.51. The summed E-state index contributed by atoms with van der Waals surface area (Å²) in [6.07, 6.45) is 2.21. The third kappa shape index (κ3) is 4.29. The highest BCUT2D eigenvalue weighted by Gasteiger charge is 2.10. The van der Waals surface area contributed by atoms with Crippen LogP contribution in [0.4, 0.5) is 0 Å². The molecule has 0 N–H and O–H groups in total. The van der Waals surface area contributed by atoms with Crippen LogP contribution in [-0.4, -0.2) is 0 Å². The molecule has 5 rings (SSSR count). The Hall–Kier alpha value is -4.15. The molecule has 33 heavy (non-hydrogen) atoms. The number of pyridine rings is 1. The second kappa shape index (κ2) is 8.77. The van der Waals surface area contributed by atoms with Gasteiger partial charge in [-0.15, -0.1) is 5.92 Å². The molecule has 1 heterocycles. The van der Waals surface area contributed by atoms with E-state index in [0.29, 0.717) is 0 Å². The van der Waals surface area contributed by atoms with E-state index in [2.05, 4.69) is 134 Å². The van der Waals surface area contributed by atoms with Crippen molar-refractivity contribution in [2.75, 3.05) is 0 Å². The van der Waals surface area contributed by atoms with Crippen LogP contribution in [0.25, 0.3) is 44.3 Å². The lowest BCUT2D eigenvalue weighted by molar-refractivity contribution is -0.644. The Bertz CT molecular complexity index is 1550. The number of hydrogen-bond acceptors (Lipinski definition) is 0. The first kappa shape index (κ1) is 20.7. The number of fused-ring (bicyclic) bond motifs is 1. The maximum atomic E-state index is 3.20. The van der Waals surface area contributed by atoms with Crippen LogP contribution in [0.2, 0.25) is 0 Å². The fraction of sp³-hybridized carbons (Fsp3) is 0.0938. The van der Waals surface area contributed by atoms with Gasteiger partial charge in [0.05, 0.1) is 0 Å². The lowest BCUT2D eigenvalue weighted by Crippen LogP contribution is -2.28. The predicted octanol–water partition coefficient (Wildman–Crippen LogP) is 7.35. The van der Waals surface area contributed by atoms with Crippen molar-refractivity contribution in [3.8, 4) is 45.2 Å². The van der Waals surface area contributed by atoms with E-state index in [1.54, 1.807) is 0 Å². The van der Waals surface area contributed by atoms with Crippen molar-refractivity contribution < 1.29 is 4.57 Å². The van der Waals surface area contributed by atoms with E-state index in [1.807, 2.05) is 6.92 Å². The van der Waals surface area contributed by atoms with Gasteiger partial charge in [0.25, 0.3) is 0 Å². The molecule has 0 aliphatic heterocycles. The Morgan fingerprint density at radius 3 is 1.94 bits per heavy atom. The van der Waals surface area contributed by atoms with Crippen LogP contribution in [0, 0.1) is 18.8 Å². The van der Waals surface area contributed by atoms with Gasteiger partial charge >= 0.3 is 0 Å². The second-order valence-corrected chi connectivity index (χ2v) is 8.52. The van der Waals surface area contributed by atoms with Crippen LogP contribution in [0.3, 0.4) is 0 Å². The Labute approximate surface area is 196 Å². The van der Waals surface area contributed by atoms with Gasteiger partial charge < -0.3 is 0 Å². The van der Waals surface area contributed by atoms with Crippen molar-refractivity contribution in [1.82, 2.24) is 0 Å². The first-order chi connectivity index (χ1) is 16.1. The largest absolute Gasteiger partial charge is 0.212 e. The molecule has 1 heteroatoms. The number of aryl methyl sites for hydroxylation is 2. The summed E-state index contributed by atoms with van der Waals surface area (Å²) < 4.78 is 2.20. The van der Waals surface area contributed by atoms with Crippen LogP contribution in [-0.2, 0) is 7.05 Å². The van der Waals surface area contributed by atoms with Crippen molar-refractivity contribution in [1.29, 1.82) is 0 Å². The molecule has 5 aromatic rings. The van der Waals surface area contributed by atoms with Crippen LogP contribution in [0.1, 0.15) is 18.1 Å². The molecule has 0 saturated carbocycles. The van der Waals surface area contributed by atoms with Crippen LogP contribution >= 0.6 is 0 Å². The number of nitrogens with zero attached hydrogens (tertiary/aromatic N) is 1. The summed E-state index contributed by atoms with van der Waals surface area (Å²) >= 11 is 0. The number of para-hydroxylation sites is 1. The van der Waals surface area contributed by atoms with Gasteiger partial charge in [-0.1, -0.05) is 60.5 Å². The number of hydrogen-bond donors (Lipinski definition) is 0. The van der Waals surface area contributed by atoms with Crippen molar-refractivity contribution in [2.24, 2.45) is 7.05 Å². The summed E-state index contributed by atoms with van der Waals surface area (Å²) in [6, 6.07) is 34.9. The van der Waals surface area contributed by atoms with Crippen molar-refractivity contribution in [3.63, 3.8) is 0 Å². The van der Waals surface area contributed by atoms with E-state index in [4.69, 9.17) is 0 Å². The molecule has 158 valence electrons. The molecule has 0 spiro atoms.